The van der Waals surface area contributed by atoms with Crippen molar-refractivity contribution in [3.63, 3.8) is 0 Å². The molecule has 3 aromatic carbocycles. The molecular formula is C38H50O3. The lowest BCUT2D eigenvalue weighted by Gasteiger charge is -2.04. The lowest BCUT2D eigenvalue weighted by Crippen LogP contribution is -1.98. The summed E-state index contributed by atoms with van der Waals surface area (Å²) in [5.41, 5.74) is 7.29. The van der Waals surface area contributed by atoms with Crippen LogP contribution >= 0.6 is 0 Å². The number of benzene rings is 3. The first-order valence-corrected chi connectivity index (χ1v) is 14.5. The highest BCUT2D eigenvalue weighted by molar-refractivity contribution is 6.24. The van der Waals surface area contributed by atoms with E-state index in [-0.39, 0.29) is 11.6 Å². The minimum atomic E-state index is -0.00801. The van der Waals surface area contributed by atoms with Crippen LogP contribution in [0.4, 0.5) is 0 Å². The Labute approximate surface area is 249 Å². The summed E-state index contributed by atoms with van der Waals surface area (Å²) < 4.78 is 0. The minimum absolute atomic E-state index is 0.00801. The summed E-state index contributed by atoms with van der Waals surface area (Å²) in [5, 5.41) is 8.76. The van der Waals surface area contributed by atoms with Crippen molar-refractivity contribution >= 4 is 11.6 Å². The monoisotopic (exact) mass is 554 g/mol. The SMILES string of the molecule is C=C(C)/C=C\C=C(/C)CC.CC(=O)c1cccc2c1-c1ccccc1C2=O.CCC.CCC.Cc1ccc(O)cc1. The average Bonchev–Trinajstić information content (AvgIpc) is 3.24. The number of aryl methyl sites for hydroxylation is 1. The van der Waals surface area contributed by atoms with Crippen molar-refractivity contribution in [2.75, 3.05) is 0 Å². The van der Waals surface area contributed by atoms with Crippen LogP contribution in [-0.2, 0) is 0 Å². The molecule has 0 atom stereocenters. The van der Waals surface area contributed by atoms with Gasteiger partial charge in [0.1, 0.15) is 5.75 Å². The highest BCUT2D eigenvalue weighted by Crippen LogP contribution is 2.38. The lowest BCUT2D eigenvalue weighted by atomic mass is 9.97. The molecule has 0 saturated carbocycles. The van der Waals surface area contributed by atoms with Gasteiger partial charge in [-0.1, -0.05) is 144 Å². The van der Waals surface area contributed by atoms with Crippen molar-refractivity contribution in [3.8, 4) is 16.9 Å². The maximum Gasteiger partial charge on any atom is 0.194 e. The van der Waals surface area contributed by atoms with Gasteiger partial charge in [-0.25, -0.2) is 0 Å². The number of hydrogen-bond donors (Lipinski definition) is 1. The van der Waals surface area contributed by atoms with E-state index in [0.29, 0.717) is 22.4 Å². The van der Waals surface area contributed by atoms with E-state index >= 15 is 0 Å². The van der Waals surface area contributed by atoms with Gasteiger partial charge in [0.25, 0.3) is 0 Å². The third kappa shape index (κ3) is 13.8. The van der Waals surface area contributed by atoms with Gasteiger partial charge in [0.15, 0.2) is 11.6 Å². The summed E-state index contributed by atoms with van der Waals surface area (Å²) in [4.78, 5) is 23.8. The molecule has 1 aliphatic carbocycles. The minimum Gasteiger partial charge on any atom is -0.508 e. The van der Waals surface area contributed by atoms with Crippen LogP contribution in [0, 0.1) is 6.92 Å². The second-order valence-electron chi connectivity index (χ2n) is 9.98. The lowest BCUT2D eigenvalue weighted by molar-refractivity contribution is 0.101. The maximum atomic E-state index is 12.2. The van der Waals surface area contributed by atoms with Gasteiger partial charge in [-0.2, -0.15) is 0 Å². The molecule has 0 heterocycles. The maximum absolute atomic E-state index is 12.2. The van der Waals surface area contributed by atoms with Crippen molar-refractivity contribution < 1.29 is 14.7 Å². The number of carbonyl (C=O) groups is 2. The molecule has 0 spiro atoms. The van der Waals surface area contributed by atoms with Gasteiger partial charge < -0.3 is 5.11 Å². The van der Waals surface area contributed by atoms with Crippen LogP contribution in [0.2, 0.25) is 0 Å². The van der Waals surface area contributed by atoms with Crippen LogP contribution in [0.1, 0.15) is 106 Å². The first-order chi connectivity index (χ1) is 19.5. The van der Waals surface area contributed by atoms with E-state index in [1.54, 1.807) is 30.3 Å². The molecule has 0 aromatic heterocycles. The molecule has 0 saturated heterocycles. The predicted molar refractivity (Wildman–Crippen MR) is 178 cm³/mol. The molecule has 41 heavy (non-hydrogen) atoms. The van der Waals surface area contributed by atoms with E-state index < -0.39 is 0 Å². The Morgan fingerprint density at radius 2 is 1.29 bits per heavy atom. The van der Waals surface area contributed by atoms with Crippen molar-refractivity contribution in [2.24, 2.45) is 0 Å². The molecule has 1 N–H and O–H groups in total. The summed E-state index contributed by atoms with van der Waals surface area (Å²) in [6.45, 7) is 22.0. The molecule has 3 nitrogen and oxygen atoms in total. The molecule has 0 bridgehead atoms. The first-order valence-electron chi connectivity index (χ1n) is 14.5. The number of allylic oxidation sites excluding steroid dienone is 5. The third-order valence-corrected chi connectivity index (χ3v) is 5.48. The Bertz CT molecular complexity index is 1270. The number of phenols is 1. The molecule has 1 aliphatic rings. The van der Waals surface area contributed by atoms with Gasteiger partial charge in [0.05, 0.1) is 0 Å². The largest absolute Gasteiger partial charge is 0.508 e. The zero-order valence-electron chi connectivity index (χ0n) is 26.7. The molecule has 4 rings (SSSR count). The van der Waals surface area contributed by atoms with E-state index in [4.69, 9.17) is 5.11 Å². The van der Waals surface area contributed by atoms with Crippen LogP contribution in [0.5, 0.6) is 5.75 Å². The number of hydrogen-bond acceptors (Lipinski definition) is 3. The summed E-state index contributed by atoms with van der Waals surface area (Å²) in [6, 6.07) is 19.8. The number of rotatable bonds is 4. The summed E-state index contributed by atoms with van der Waals surface area (Å²) in [6.07, 6.45) is 9.80. The molecular weight excluding hydrogens is 504 g/mol. The fraction of sp³-hybridized carbons (Fsp3) is 0.316. The predicted octanol–water partition coefficient (Wildman–Crippen LogP) is 11.1. The number of phenolic OH excluding ortho intramolecular Hbond substituents is 1. The molecule has 0 fully saturated rings. The fourth-order valence-electron chi connectivity index (χ4n) is 3.41. The Kier molecular flexibility index (Phi) is 18.8. The number of carbonyl (C=O) groups excluding carboxylic acids is 2. The quantitative estimate of drug-likeness (QED) is 0.202. The van der Waals surface area contributed by atoms with Gasteiger partial charge in [0, 0.05) is 22.3 Å². The van der Waals surface area contributed by atoms with E-state index in [1.165, 1.54) is 30.9 Å². The molecule has 0 radical (unpaired) electrons. The van der Waals surface area contributed by atoms with Gasteiger partial charge in [0.2, 0.25) is 0 Å². The number of Topliss-reactive ketones (excluding diaryl/α,β-unsaturated/α-hetero) is 1. The Morgan fingerprint density at radius 3 is 1.76 bits per heavy atom. The van der Waals surface area contributed by atoms with Crippen LogP contribution in [0.3, 0.4) is 0 Å². The fourth-order valence-corrected chi connectivity index (χ4v) is 3.41. The average molecular weight is 555 g/mol. The number of aromatic hydroxyl groups is 1. The van der Waals surface area contributed by atoms with Crippen LogP contribution in [-0.4, -0.2) is 16.7 Å². The van der Waals surface area contributed by atoms with E-state index in [1.807, 2.05) is 62.4 Å². The second-order valence-corrected chi connectivity index (χ2v) is 9.98. The molecule has 3 heteroatoms. The topological polar surface area (TPSA) is 54.4 Å². The van der Waals surface area contributed by atoms with Crippen LogP contribution in [0.25, 0.3) is 11.1 Å². The van der Waals surface area contributed by atoms with Crippen LogP contribution in [0.15, 0.2) is 103 Å². The van der Waals surface area contributed by atoms with Gasteiger partial charge >= 0.3 is 0 Å². The molecule has 0 unspecified atom stereocenters. The van der Waals surface area contributed by atoms with Crippen molar-refractivity contribution in [1.29, 1.82) is 0 Å². The van der Waals surface area contributed by atoms with Crippen molar-refractivity contribution in [2.45, 2.75) is 81.6 Å². The standard InChI is InChI=1S/C15H10O2.C10H16.C7H8O.2C3H8/c1-9(16)10-7-4-8-13-14(10)11-5-2-3-6-12(11)15(13)17;1-5-10(4)8-6-7-9(2)3;1-6-2-4-7(8)5-3-6;2*1-3-2/h2-8H,1H3;6-8H,2,5H2,1,3-4H3;2-5,8H,1H3;2*3H2,1-2H3/b;7-6-,10-8+;;;. The molecule has 3 aromatic rings. The summed E-state index contributed by atoms with van der Waals surface area (Å²) in [5.74, 6) is 0.334. The molecule has 0 amide bonds. The first kappa shape index (κ1) is 37.0. The van der Waals surface area contributed by atoms with Gasteiger partial charge in [-0.05, 0) is 51.8 Å². The van der Waals surface area contributed by atoms with Crippen molar-refractivity contribution in [3.05, 3.63) is 125 Å². The van der Waals surface area contributed by atoms with E-state index in [2.05, 4.69) is 54.2 Å². The third-order valence-electron chi connectivity index (χ3n) is 5.48. The number of ketones is 2. The molecule has 0 aliphatic heterocycles. The van der Waals surface area contributed by atoms with Crippen molar-refractivity contribution in [1.82, 2.24) is 0 Å². The normalized spacial score (nSPS) is 10.8. The summed E-state index contributed by atoms with van der Waals surface area (Å²) in [7, 11) is 0. The van der Waals surface area contributed by atoms with Gasteiger partial charge in [-0.15, -0.1) is 0 Å². The Morgan fingerprint density at radius 1 is 0.780 bits per heavy atom. The highest BCUT2D eigenvalue weighted by Gasteiger charge is 2.28. The van der Waals surface area contributed by atoms with E-state index in [0.717, 1.165) is 23.1 Å². The van der Waals surface area contributed by atoms with Gasteiger partial charge in [-0.3, -0.25) is 9.59 Å². The Balaban J connectivity index is 0.000000572. The van der Waals surface area contributed by atoms with Crippen LogP contribution < -0.4 is 0 Å². The van der Waals surface area contributed by atoms with E-state index in [9.17, 15) is 9.59 Å². The Hall–Kier alpha value is -3.98. The molecule has 220 valence electrons. The zero-order valence-corrected chi connectivity index (χ0v) is 26.7. The summed E-state index contributed by atoms with van der Waals surface area (Å²) >= 11 is 0. The smallest absolute Gasteiger partial charge is 0.194 e. The second kappa shape index (κ2) is 20.9. The number of fused-ring (bicyclic) bond motifs is 3. The zero-order chi connectivity index (χ0) is 31.4. The highest BCUT2D eigenvalue weighted by atomic mass is 16.3.